The minimum Gasteiger partial charge on any atom is -0.422 e. The number of nitriles is 1. The number of halogens is 1. The maximum atomic E-state index is 12.7. The zero-order valence-corrected chi connectivity index (χ0v) is 14.5. The van der Waals surface area contributed by atoms with E-state index in [-0.39, 0.29) is 5.82 Å². The van der Waals surface area contributed by atoms with Crippen molar-refractivity contribution in [3.8, 4) is 6.07 Å². The van der Waals surface area contributed by atoms with Gasteiger partial charge in [0, 0.05) is 9.86 Å². The third-order valence-corrected chi connectivity index (χ3v) is 4.83. The van der Waals surface area contributed by atoms with Crippen LogP contribution in [-0.2, 0) is 0 Å². The molecule has 1 aliphatic heterocycles. The van der Waals surface area contributed by atoms with Crippen molar-refractivity contribution in [2.75, 3.05) is 5.32 Å². The quantitative estimate of drug-likeness (QED) is 0.613. The number of fused-ring (bicyclic) bond motifs is 3. The number of anilines is 1. The molecule has 3 N–H and O–H groups in total. The van der Waals surface area contributed by atoms with Gasteiger partial charge in [-0.25, -0.2) is 4.79 Å². The maximum absolute atomic E-state index is 12.7. The first-order valence-electron chi connectivity index (χ1n) is 7.58. The van der Waals surface area contributed by atoms with Gasteiger partial charge in [-0.3, -0.25) is 0 Å². The summed E-state index contributed by atoms with van der Waals surface area (Å²) >= 11 is 3.40. The van der Waals surface area contributed by atoms with Gasteiger partial charge in [0.15, 0.2) is 0 Å². The van der Waals surface area contributed by atoms with E-state index in [9.17, 15) is 10.1 Å². The van der Waals surface area contributed by atoms with Gasteiger partial charge >= 0.3 is 5.63 Å². The van der Waals surface area contributed by atoms with Crippen LogP contribution in [0.25, 0.3) is 11.0 Å². The van der Waals surface area contributed by atoms with E-state index in [2.05, 4.69) is 27.3 Å². The summed E-state index contributed by atoms with van der Waals surface area (Å²) in [6, 6.07) is 16.8. The van der Waals surface area contributed by atoms with Crippen molar-refractivity contribution in [1.29, 1.82) is 5.26 Å². The molecule has 0 spiro atoms. The lowest BCUT2D eigenvalue weighted by Crippen LogP contribution is -2.28. The largest absolute Gasteiger partial charge is 0.422 e. The van der Waals surface area contributed by atoms with Crippen molar-refractivity contribution in [2.24, 2.45) is 5.73 Å². The van der Waals surface area contributed by atoms with E-state index in [0.717, 1.165) is 15.4 Å². The van der Waals surface area contributed by atoms with Crippen molar-refractivity contribution in [3.05, 3.63) is 85.9 Å². The Morgan fingerprint density at radius 3 is 2.60 bits per heavy atom. The zero-order chi connectivity index (χ0) is 17.6. The second-order valence-electron chi connectivity index (χ2n) is 5.72. The lowest BCUT2D eigenvalue weighted by Gasteiger charge is -2.27. The van der Waals surface area contributed by atoms with Crippen LogP contribution >= 0.6 is 15.9 Å². The van der Waals surface area contributed by atoms with E-state index in [1.807, 2.05) is 36.4 Å². The van der Waals surface area contributed by atoms with E-state index in [4.69, 9.17) is 10.2 Å². The third kappa shape index (κ3) is 2.41. The highest BCUT2D eigenvalue weighted by Crippen LogP contribution is 2.41. The van der Waals surface area contributed by atoms with Crippen LogP contribution < -0.4 is 16.7 Å². The Hall–Kier alpha value is -3.04. The van der Waals surface area contributed by atoms with Gasteiger partial charge in [-0.1, -0.05) is 40.2 Å². The highest BCUT2D eigenvalue weighted by Gasteiger charge is 2.33. The predicted molar refractivity (Wildman–Crippen MR) is 98.9 cm³/mol. The van der Waals surface area contributed by atoms with E-state index in [0.29, 0.717) is 22.4 Å². The van der Waals surface area contributed by atoms with Crippen molar-refractivity contribution in [3.63, 3.8) is 0 Å². The molecule has 0 bridgehead atoms. The average molecular weight is 394 g/mol. The lowest BCUT2D eigenvalue weighted by atomic mass is 9.82. The molecule has 1 aliphatic rings. The lowest BCUT2D eigenvalue weighted by molar-refractivity contribution is 0.548. The molecule has 2 heterocycles. The number of allylic oxidation sites excluding steroid dienone is 1. The predicted octanol–water partition coefficient (Wildman–Crippen LogP) is 3.81. The Labute approximate surface area is 151 Å². The second kappa shape index (κ2) is 5.80. The van der Waals surface area contributed by atoms with Crippen LogP contribution in [0, 0.1) is 11.3 Å². The smallest absolute Gasteiger partial charge is 0.342 e. The van der Waals surface area contributed by atoms with Gasteiger partial charge in [-0.05, 0) is 29.8 Å². The van der Waals surface area contributed by atoms with Gasteiger partial charge < -0.3 is 15.5 Å². The van der Waals surface area contributed by atoms with Gasteiger partial charge in [0.2, 0.25) is 0 Å². The van der Waals surface area contributed by atoms with Crippen molar-refractivity contribution in [2.45, 2.75) is 5.92 Å². The first kappa shape index (κ1) is 15.5. The minimum absolute atomic E-state index is 0.249. The number of nitrogens with zero attached hydrogens (tertiary/aromatic N) is 1. The van der Waals surface area contributed by atoms with Gasteiger partial charge in [0.25, 0.3) is 0 Å². The standard InChI is InChI=1S/C19H12BrN3O2/c20-11-7-5-10(6-8-11)15-13(9-21)18(22)23-17-12-3-1-2-4-14(12)25-19(24)16(15)17/h1-8,15,23H,22H2/t15-/m0/s1. The molecule has 6 heteroatoms. The Morgan fingerprint density at radius 2 is 1.88 bits per heavy atom. The summed E-state index contributed by atoms with van der Waals surface area (Å²) in [7, 11) is 0. The van der Waals surface area contributed by atoms with Crippen LogP contribution in [-0.4, -0.2) is 0 Å². The molecule has 0 saturated carbocycles. The average Bonchev–Trinajstić information content (AvgIpc) is 2.61. The first-order valence-corrected chi connectivity index (χ1v) is 8.37. The molecular formula is C19H12BrN3O2. The highest BCUT2D eigenvalue weighted by molar-refractivity contribution is 9.10. The summed E-state index contributed by atoms with van der Waals surface area (Å²) in [5, 5.41) is 13.4. The zero-order valence-electron chi connectivity index (χ0n) is 12.9. The van der Waals surface area contributed by atoms with E-state index < -0.39 is 11.5 Å². The molecule has 1 atom stereocenters. The number of rotatable bonds is 1. The van der Waals surface area contributed by atoms with Crippen LogP contribution in [0.2, 0.25) is 0 Å². The molecule has 0 amide bonds. The molecule has 25 heavy (non-hydrogen) atoms. The van der Waals surface area contributed by atoms with Crippen molar-refractivity contribution in [1.82, 2.24) is 0 Å². The number of hydrogen-bond acceptors (Lipinski definition) is 5. The fraction of sp³-hybridized carbons (Fsp3) is 0.0526. The summed E-state index contributed by atoms with van der Waals surface area (Å²) in [6.07, 6.45) is 0. The fourth-order valence-electron chi connectivity index (χ4n) is 3.18. The Kier molecular flexibility index (Phi) is 3.59. The van der Waals surface area contributed by atoms with Gasteiger partial charge in [-0.15, -0.1) is 0 Å². The third-order valence-electron chi connectivity index (χ3n) is 4.30. The van der Waals surface area contributed by atoms with Crippen LogP contribution in [0.15, 0.2) is 73.6 Å². The van der Waals surface area contributed by atoms with Gasteiger partial charge in [-0.2, -0.15) is 5.26 Å². The molecule has 0 radical (unpaired) electrons. The van der Waals surface area contributed by atoms with Crippen LogP contribution in [0.1, 0.15) is 17.0 Å². The molecule has 0 saturated heterocycles. The number of nitrogens with two attached hydrogens (primary N) is 1. The summed E-state index contributed by atoms with van der Waals surface area (Å²) in [5.41, 5.74) is 8.19. The normalized spacial score (nSPS) is 16.2. The Bertz CT molecular complexity index is 1120. The first-order chi connectivity index (χ1) is 12.1. The summed E-state index contributed by atoms with van der Waals surface area (Å²) in [6.45, 7) is 0. The number of benzene rings is 2. The summed E-state index contributed by atoms with van der Waals surface area (Å²) in [4.78, 5) is 12.7. The summed E-state index contributed by atoms with van der Waals surface area (Å²) < 4.78 is 6.39. The Balaban J connectivity index is 2.08. The molecule has 5 nitrogen and oxygen atoms in total. The van der Waals surface area contributed by atoms with Gasteiger partial charge in [0.05, 0.1) is 28.8 Å². The number of nitrogens with one attached hydrogen (secondary N) is 1. The molecule has 122 valence electrons. The molecule has 3 aromatic rings. The minimum atomic E-state index is -0.574. The van der Waals surface area contributed by atoms with E-state index in [1.165, 1.54) is 0 Å². The summed E-state index contributed by atoms with van der Waals surface area (Å²) in [5.74, 6) is -0.325. The van der Waals surface area contributed by atoms with Crippen LogP contribution in [0.3, 0.4) is 0 Å². The topological polar surface area (TPSA) is 92.0 Å². The molecule has 0 aliphatic carbocycles. The number of para-hydroxylation sites is 1. The van der Waals surface area contributed by atoms with Crippen molar-refractivity contribution < 1.29 is 4.42 Å². The number of hydrogen-bond donors (Lipinski definition) is 2. The molecule has 1 aromatic heterocycles. The monoisotopic (exact) mass is 393 g/mol. The van der Waals surface area contributed by atoms with E-state index >= 15 is 0 Å². The van der Waals surface area contributed by atoms with Gasteiger partial charge in [0.1, 0.15) is 11.4 Å². The van der Waals surface area contributed by atoms with Crippen LogP contribution in [0.4, 0.5) is 5.69 Å². The molecule has 0 unspecified atom stereocenters. The fourth-order valence-corrected chi connectivity index (χ4v) is 3.44. The second-order valence-corrected chi connectivity index (χ2v) is 6.64. The van der Waals surface area contributed by atoms with Crippen LogP contribution in [0.5, 0.6) is 0 Å². The highest BCUT2D eigenvalue weighted by atomic mass is 79.9. The van der Waals surface area contributed by atoms with E-state index in [1.54, 1.807) is 12.1 Å². The molecule has 4 rings (SSSR count). The molecule has 2 aromatic carbocycles. The van der Waals surface area contributed by atoms with Crippen molar-refractivity contribution >= 4 is 32.6 Å². The SMILES string of the molecule is N#CC1=C(N)Nc2c(c(=O)oc3ccccc23)[C@H]1c1ccc(Br)cc1. The maximum Gasteiger partial charge on any atom is 0.342 e. The molecular weight excluding hydrogens is 382 g/mol. The molecule has 0 fully saturated rings. The Morgan fingerprint density at radius 1 is 1.16 bits per heavy atom.